The molecule has 1 aromatic heterocycles. The first-order valence-corrected chi connectivity index (χ1v) is 10.2. The molecule has 2 unspecified atom stereocenters. The Morgan fingerprint density at radius 2 is 1.92 bits per heavy atom. The Bertz CT molecular complexity index is 810. The molecule has 0 spiro atoms. The number of fused-ring (bicyclic) bond motifs is 1. The molecule has 3 rings (SSSR count). The predicted octanol–water partition coefficient (Wildman–Crippen LogP) is 3.78. The van der Waals surface area contributed by atoms with Crippen LogP contribution in [-0.2, 0) is 22.0 Å². The van der Waals surface area contributed by atoms with Crippen LogP contribution in [0.2, 0.25) is 0 Å². The molecule has 5 heteroatoms. The minimum Gasteiger partial charge on any atom is -0.464 e. The number of hydrogen-bond donors (Lipinski definition) is 0. The lowest BCUT2D eigenvalue weighted by Gasteiger charge is -2.34. The summed E-state index contributed by atoms with van der Waals surface area (Å²) in [5.41, 5.74) is 4.29. The molecule has 1 aliphatic rings. The molecule has 1 aromatic carbocycles. The van der Waals surface area contributed by atoms with E-state index in [0.717, 1.165) is 16.5 Å². The summed E-state index contributed by atoms with van der Waals surface area (Å²) in [4.78, 5) is 14.6. The molecule has 0 N–H and O–H groups in total. The lowest BCUT2D eigenvalue weighted by atomic mass is 9.95. The summed E-state index contributed by atoms with van der Waals surface area (Å²) in [7, 11) is -0.851. The van der Waals surface area contributed by atoms with Gasteiger partial charge in [-0.15, -0.1) is 0 Å². The van der Waals surface area contributed by atoms with Crippen molar-refractivity contribution >= 4 is 27.7 Å². The normalized spacial score (nSPS) is 24.2. The first-order chi connectivity index (χ1) is 11.8. The second kappa shape index (κ2) is 6.94. The first-order valence-electron chi connectivity index (χ1n) is 8.95. The average molecular weight is 362 g/mol. The van der Waals surface area contributed by atoms with Crippen LogP contribution in [0.15, 0.2) is 22.8 Å². The number of nitrogens with zero attached hydrogens (tertiary/aromatic N) is 1. The van der Waals surface area contributed by atoms with Crippen LogP contribution in [0.3, 0.4) is 0 Å². The van der Waals surface area contributed by atoms with E-state index in [-0.39, 0.29) is 16.4 Å². The van der Waals surface area contributed by atoms with Gasteiger partial charge in [0, 0.05) is 45.3 Å². The Morgan fingerprint density at radius 1 is 1.28 bits per heavy atom. The SMILES string of the molecule is Cc1cc2occ(CC(=O)N3CC(C)S(=O)C(C)C3)c2cc1C(C)C. The van der Waals surface area contributed by atoms with Crippen LogP contribution in [0, 0.1) is 6.92 Å². The molecule has 2 aromatic rings. The van der Waals surface area contributed by atoms with E-state index in [0.29, 0.717) is 25.4 Å². The highest BCUT2D eigenvalue weighted by Crippen LogP contribution is 2.29. The van der Waals surface area contributed by atoms with Gasteiger partial charge in [-0.05, 0) is 49.9 Å². The van der Waals surface area contributed by atoms with E-state index in [1.54, 1.807) is 6.26 Å². The Balaban J connectivity index is 1.84. The molecule has 1 aliphatic heterocycles. The van der Waals surface area contributed by atoms with Gasteiger partial charge in [-0.2, -0.15) is 0 Å². The monoisotopic (exact) mass is 361 g/mol. The molecule has 136 valence electrons. The van der Waals surface area contributed by atoms with E-state index in [2.05, 4.69) is 32.9 Å². The van der Waals surface area contributed by atoms with Crippen molar-refractivity contribution in [3.63, 3.8) is 0 Å². The second-order valence-corrected chi connectivity index (χ2v) is 9.81. The molecular weight excluding hydrogens is 334 g/mol. The third-order valence-electron chi connectivity index (χ3n) is 5.11. The smallest absolute Gasteiger partial charge is 0.227 e. The fourth-order valence-electron chi connectivity index (χ4n) is 3.72. The number of aryl methyl sites for hydroxylation is 1. The van der Waals surface area contributed by atoms with Crippen molar-refractivity contribution in [2.24, 2.45) is 0 Å². The highest BCUT2D eigenvalue weighted by atomic mass is 32.2. The number of carbonyl (C=O) groups is 1. The summed E-state index contributed by atoms with van der Waals surface area (Å²) < 4.78 is 17.8. The quantitative estimate of drug-likeness (QED) is 0.836. The summed E-state index contributed by atoms with van der Waals surface area (Å²) in [6, 6.07) is 4.23. The van der Waals surface area contributed by atoms with Gasteiger partial charge in [-0.25, -0.2) is 0 Å². The molecule has 0 bridgehead atoms. The lowest BCUT2D eigenvalue weighted by molar-refractivity contribution is -0.130. The standard InChI is InChI=1S/C20H27NO3S/c1-12(2)17-8-18-16(11-24-19(18)6-13(17)3)7-20(22)21-9-14(4)25(23)15(5)10-21/h6,8,11-12,14-15H,7,9-10H2,1-5H3. The van der Waals surface area contributed by atoms with Crippen molar-refractivity contribution in [3.8, 4) is 0 Å². The van der Waals surface area contributed by atoms with Gasteiger partial charge in [0.1, 0.15) is 5.58 Å². The highest BCUT2D eigenvalue weighted by Gasteiger charge is 2.31. The number of amides is 1. The minimum atomic E-state index is -0.851. The van der Waals surface area contributed by atoms with Gasteiger partial charge in [0.05, 0.1) is 12.7 Å². The molecule has 2 atom stereocenters. The number of hydrogen-bond acceptors (Lipinski definition) is 3. The maximum absolute atomic E-state index is 12.8. The van der Waals surface area contributed by atoms with Crippen molar-refractivity contribution in [1.29, 1.82) is 0 Å². The topological polar surface area (TPSA) is 50.5 Å². The van der Waals surface area contributed by atoms with E-state index in [1.807, 2.05) is 18.7 Å². The van der Waals surface area contributed by atoms with Crippen molar-refractivity contribution < 1.29 is 13.4 Å². The van der Waals surface area contributed by atoms with E-state index >= 15 is 0 Å². The number of furan rings is 1. The summed E-state index contributed by atoms with van der Waals surface area (Å²) in [5, 5.41) is 1.09. The van der Waals surface area contributed by atoms with Crippen LogP contribution in [0.5, 0.6) is 0 Å². The third-order valence-corrected chi connectivity index (χ3v) is 6.99. The molecule has 25 heavy (non-hydrogen) atoms. The highest BCUT2D eigenvalue weighted by molar-refractivity contribution is 7.86. The zero-order valence-corrected chi connectivity index (χ0v) is 16.5. The number of carbonyl (C=O) groups excluding carboxylic acids is 1. The third kappa shape index (κ3) is 3.52. The Labute approximate surface area is 152 Å². The van der Waals surface area contributed by atoms with Crippen LogP contribution in [0.1, 0.15) is 50.3 Å². The van der Waals surface area contributed by atoms with Crippen molar-refractivity contribution in [1.82, 2.24) is 4.90 Å². The molecular formula is C20H27NO3S. The summed E-state index contributed by atoms with van der Waals surface area (Å²) in [6.07, 6.45) is 2.04. The van der Waals surface area contributed by atoms with E-state index < -0.39 is 10.8 Å². The summed E-state index contributed by atoms with van der Waals surface area (Å²) in [5.74, 6) is 0.520. The maximum Gasteiger partial charge on any atom is 0.227 e. The molecule has 1 amide bonds. The largest absolute Gasteiger partial charge is 0.464 e. The van der Waals surface area contributed by atoms with Crippen LogP contribution < -0.4 is 0 Å². The molecule has 4 nitrogen and oxygen atoms in total. The second-order valence-electron chi connectivity index (χ2n) is 7.55. The van der Waals surface area contributed by atoms with Crippen LogP contribution in [-0.4, -0.2) is 38.6 Å². The van der Waals surface area contributed by atoms with Gasteiger partial charge >= 0.3 is 0 Å². The summed E-state index contributed by atoms with van der Waals surface area (Å²) in [6.45, 7) is 11.5. The number of rotatable bonds is 3. The van der Waals surface area contributed by atoms with Gasteiger partial charge < -0.3 is 9.32 Å². The molecule has 0 radical (unpaired) electrons. The first kappa shape index (κ1) is 18.2. The van der Waals surface area contributed by atoms with Crippen molar-refractivity contribution in [3.05, 3.63) is 35.1 Å². The Hall–Kier alpha value is -1.62. The van der Waals surface area contributed by atoms with Gasteiger partial charge in [0.25, 0.3) is 0 Å². The fraction of sp³-hybridized carbons (Fsp3) is 0.550. The average Bonchev–Trinajstić information content (AvgIpc) is 2.92. The Kier molecular flexibility index (Phi) is 5.05. The van der Waals surface area contributed by atoms with E-state index in [1.165, 1.54) is 11.1 Å². The minimum absolute atomic E-state index is 0.0315. The summed E-state index contributed by atoms with van der Waals surface area (Å²) >= 11 is 0. The van der Waals surface area contributed by atoms with Gasteiger partial charge in [-0.1, -0.05) is 13.8 Å². The molecule has 1 saturated heterocycles. The molecule has 2 heterocycles. The van der Waals surface area contributed by atoms with Crippen LogP contribution >= 0.6 is 0 Å². The molecule has 1 fully saturated rings. The maximum atomic E-state index is 12.8. The van der Waals surface area contributed by atoms with Crippen LogP contribution in [0.4, 0.5) is 0 Å². The molecule has 0 saturated carbocycles. The number of benzene rings is 1. The zero-order valence-electron chi connectivity index (χ0n) is 15.7. The van der Waals surface area contributed by atoms with E-state index in [9.17, 15) is 9.00 Å². The predicted molar refractivity (Wildman–Crippen MR) is 102 cm³/mol. The molecule has 0 aliphatic carbocycles. The fourth-order valence-corrected chi connectivity index (χ4v) is 5.17. The zero-order chi connectivity index (χ0) is 18.3. The van der Waals surface area contributed by atoms with E-state index in [4.69, 9.17) is 4.42 Å². The van der Waals surface area contributed by atoms with Crippen molar-refractivity contribution in [2.45, 2.75) is 57.5 Å². The van der Waals surface area contributed by atoms with Gasteiger partial charge in [-0.3, -0.25) is 9.00 Å². The van der Waals surface area contributed by atoms with Crippen LogP contribution in [0.25, 0.3) is 11.0 Å². The van der Waals surface area contributed by atoms with Gasteiger partial charge in [0.15, 0.2) is 0 Å². The lowest BCUT2D eigenvalue weighted by Crippen LogP contribution is -2.50. The Morgan fingerprint density at radius 3 is 2.52 bits per heavy atom. The van der Waals surface area contributed by atoms with Crippen molar-refractivity contribution in [2.75, 3.05) is 13.1 Å². The van der Waals surface area contributed by atoms with Gasteiger partial charge in [0.2, 0.25) is 5.91 Å².